The van der Waals surface area contributed by atoms with Crippen molar-refractivity contribution >= 4 is 34.7 Å². The molecule has 0 aliphatic carbocycles. The van der Waals surface area contributed by atoms with Gasteiger partial charge in [-0.25, -0.2) is 0 Å². The summed E-state index contributed by atoms with van der Waals surface area (Å²) in [5.41, 5.74) is 0.967. The second kappa shape index (κ2) is 3.55. The second-order valence-electron chi connectivity index (χ2n) is 2.70. The largest absolute Gasteiger partial charge is 0.484 e. The van der Waals surface area contributed by atoms with Crippen molar-refractivity contribution in [2.45, 2.75) is 4.90 Å². The molecule has 4 heteroatoms. The highest BCUT2D eigenvalue weighted by atomic mass is 32.2. The lowest BCUT2D eigenvalue weighted by molar-refractivity contribution is 0.374. The number of fused-ring (bicyclic) bond motifs is 1. The SMILES string of the molecule is CSc1ccc2c(c1)OCC(=S)N2. The average molecular weight is 211 g/mol. The van der Waals surface area contributed by atoms with Gasteiger partial charge in [-0.15, -0.1) is 11.8 Å². The van der Waals surface area contributed by atoms with Crippen molar-refractivity contribution in [1.82, 2.24) is 0 Å². The Morgan fingerprint density at radius 3 is 3.15 bits per heavy atom. The highest BCUT2D eigenvalue weighted by Crippen LogP contribution is 2.31. The van der Waals surface area contributed by atoms with Crippen molar-refractivity contribution < 1.29 is 4.74 Å². The highest BCUT2D eigenvalue weighted by molar-refractivity contribution is 7.98. The van der Waals surface area contributed by atoms with Gasteiger partial charge in [0, 0.05) is 4.90 Å². The van der Waals surface area contributed by atoms with E-state index in [1.54, 1.807) is 11.8 Å². The van der Waals surface area contributed by atoms with Crippen LogP contribution in [-0.2, 0) is 0 Å². The molecule has 13 heavy (non-hydrogen) atoms. The van der Waals surface area contributed by atoms with E-state index >= 15 is 0 Å². The van der Waals surface area contributed by atoms with Gasteiger partial charge in [0.05, 0.1) is 5.69 Å². The fourth-order valence-corrected chi connectivity index (χ4v) is 1.78. The van der Waals surface area contributed by atoms with Gasteiger partial charge in [-0.05, 0) is 24.5 Å². The number of rotatable bonds is 1. The van der Waals surface area contributed by atoms with Gasteiger partial charge in [0.25, 0.3) is 0 Å². The van der Waals surface area contributed by atoms with Crippen LogP contribution in [0.1, 0.15) is 0 Å². The van der Waals surface area contributed by atoms with E-state index in [0.717, 1.165) is 16.4 Å². The molecule has 1 heterocycles. The van der Waals surface area contributed by atoms with Gasteiger partial charge in [-0.3, -0.25) is 0 Å². The van der Waals surface area contributed by atoms with Crippen LogP contribution in [0, 0.1) is 0 Å². The summed E-state index contributed by atoms with van der Waals surface area (Å²) in [5, 5.41) is 3.11. The van der Waals surface area contributed by atoms with Gasteiger partial charge in [-0.1, -0.05) is 12.2 Å². The number of ether oxygens (including phenoxy) is 1. The smallest absolute Gasteiger partial charge is 0.144 e. The summed E-state index contributed by atoms with van der Waals surface area (Å²) in [5.74, 6) is 0.889. The van der Waals surface area contributed by atoms with E-state index in [1.807, 2.05) is 24.5 Å². The lowest BCUT2D eigenvalue weighted by atomic mass is 10.2. The Morgan fingerprint density at radius 1 is 1.54 bits per heavy atom. The number of hydrogen-bond acceptors (Lipinski definition) is 3. The molecule has 0 amide bonds. The van der Waals surface area contributed by atoms with Crippen LogP contribution in [-0.4, -0.2) is 17.9 Å². The third-order valence-corrected chi connectivity index (χ3v) is 2.77. The minimum Gasteiger partial charge on any atom is -0.484 e. The molecule has 2 rings (SSSR count). The molecule has 0 spiro atoms. The summed E-state index contributed by atoms with van der Waals surface area (Å²) < 4.78 is 5.46. The first-order chi connectivity index (χ1) is 6.29. The molecular formula is C9H9NOS2. The number of nitrogens with one attached hydrogen (secondary N) is 1. The first-order valence-corrected chi connectivity index (χ1v) is 5.53. The van der Waals surface area contributed by atoms with E-state index in [2.05, 4.69) is 5.32 Å². The zero-order valence-electron chi connectivity index (χ0n) is 7.16. The van der Waals surface area contributed by atoms with Gasteiger partial charge in [0.2, 0.25) is 0 Å². The van der Waals surface area contributed by atoms with Gasteiger partial charge in [0.1, 0.15) is 17.3 Å². The Balaban J connectivity index is 2.36. The molecule has 0 saturated carbocycles. The fraction of sp³-hybridized carbons (Fsp3) is 0.222. The number of anilines is 1. The Kier molecular flexibility index (Phi) is 2.42. The molecule has 68 valence electrons. The molecule has 0 radical (unpaired) electrons. The molecule has 1 aromatic carbocycles. The molecule has 1 aliphatic heterocycles. The van der Waals surface area contributed by atoms with Crippen molar-refractivity contribution in [2.24, 2.45) is 0 Å². The van der Waals surface area contributed by atoms with Gasteiger partial charge in [0.15, 0.2) is 0 Å². The summed E-state index contributed by atoms with van der Waals surface area (Å²) in [7, 11) is 0. The highest BCUT2D eigenvalue weighted by Gasteiger charge is 2.12. The van der Waals surface area contributed by atoms with E-state index in [1.165, 1.54) is 4.90 Å². The molecule has 0 unspecified atom stereocenters. The maximum absolute atomic E-state index is 5.46. The molecule has 0 bridgehead atoms. The van der Waals surface area contributed by atoms with E-state index < -0.39 is 0 Å². The first-order valence-electron chi connectivity index (χ1n) is 3.90. The summed E-state index contributed by atoms with van der Waals surface area (Å²) in [4.78, 5) is 1.94. The monoisotopic (exact) mass is 211 g/mol. The normalized spacial score (nSPS) is 14.4. The van der Waals surface area contributed by atoms with Crippen LogP contribution in [0.3, 0.4) is 0 Å². The van der Waals surface area contributed by atoms with Crippen molar-refractivity contribution in [2.75, 3.05) is 18.2 Å². The van der Waals surface area contributed by atoms with Crippen LogP contribution < -0.4 is 10.1 Å². The van der Waals surface area contributed by atoms with Crippen molar-refractivity contribution in [1.29, 1.82) is 0 Å². The number of thiocarbonyl (C=S) groups is 1. The topological polar surface area (TPSA) is 21.3 Å². The summed E-state index contributed by atoms with van der Waals surface area (Å²) in [6.45, 7) is 0.486. The van der Waals surface area contributed by atoms with Crippen LogP contribution in [0.4, 0.5) is 5.69 Å². The predicted molar refractivity (Wildman–Crippen MR) is 59.9 cm³/mol. The summed E-state index contributed by atoms with van der Waals surface area (Å²) in [6, 6.07) is 6.06. The minimum atomic E-state index is 0.486. The van der Waals surface area contributed by atoms with Crippen LogP contribution in [0.5, 0.6) is 5.75 Å². The summed E-state index contributed by atoms with van der Waals surface area (Å²) in [6.07, 6.45) is 2.04. The third-order valence-electron chi connectivity index (χ3n) is 1.82. The number of thioether (sulfide) groups is 1. The predicted octanol–water partition coefficient (Wildman–Crippen LogP) is 2.54. The van der Waals surface area contributed by atoms with Crippen LogP contribution in [0.2, 0.25) is 0 Å². The van der Waals surface area contributed by atoms with Crippen molar-refractivity contribution in [3.63, 3.8) is 0 Å². The Bertz CT molecular complexity index is 351. The Hall–Kier alpha value is -0.740. The Morgan fingerprint density at radius 2 is 2.38 bits per heavy atom. The van der Waals surface area contributed by atoms with E-state index in [-0.39, 0.29) is 0 Å². The van der Waals surface area contributed by atoms with E-state index in [0.29, 0.717) is 6.61 Å². The standard InChI is InChI=1S/C9H9NOS2/c1-13-6-2-3-7-8(4-6)11-5-9(12)10-7/h2-4H,5H2,1H3,(H,10,12). The first kappa shape index (κ1) is 8.84. The maximum atomic E-state index is 5.46. The number of benzene rings is 1. The molecule has 0 aromatic heterocycles. The lowest BCUT2D eigenvalue weighted by Crippen LogP contribution is -2.23. The minimum absolute atomic E-state index is 0.486. The zero-order chi connectivity index (χ0) is 9.26. The zero-order valence-corrected chi connectivity index (χ0v) is 8.80. The van der Waals surface area contributed by atoms with E-state index in [4.69, 9.17) is 17.0 Å². The van der Waals surface area contributed by atoms with Gasteiger partial charge in [-0.2, -0.15) is 0 Å². The van der Waals surface area contributed by atoms with Crippen LogP contribution >= 0.6 is 24.0 Å². The van der Waals surface area contributed by atoms with Crippen molar-refractivity contribution in [3.8, 4) is 5.75 Å². The molecule has 1 aromatic rings. The second-order valence-corrected chi connectivity index (χ2v) is 4.07. The number of hydrogen-bond donors (Lipinski definition) is 1. The van der Waals surface area contributed by atoms with E-state index in [9.17, 15) is 0 Å². The molecule has 1 N–H and O–H groups in total. The van der Waals surface area contributed by atoms with Gasteiger partial charge >= 0.3 is 0 Å². The molecule has 2 nitrogen and oxygen atoms in total. The molecule has 0 atom stereocenters. The summed E-state index contributed by atoms with van der Waals surface area (Å²) >= 11 is 6.70. The molecule has 0 fully saturated rings. The third kappa shape index (κ3) is 1.78. The molecule has 0 saturated heterocycles. The van der Waals surface area contributed by atoms with Crippen LogP contribution in [0.15, 0.2) is 23.1 Å². The van der Waals surface area contributed by atoms with Gasteiger partial charge < -0.3 is 10.1 Å². The molecule has 1 aliphatic rings. The average Bonchev–Trinajstić information content (AvgIpc) is 2.17. The van der Waals surface area contributed by atoms with Crippen LogP contribution in [0.25, 0.3) is 0 Å². The lowest BCUT2D eigenvalue weighted by Gasteiger charge is -2.19. The fourth-order valence-electron chi connectivity index (χ4n) is 1.18. The Labute approximate surface area is 86.7 Å². The quantitative estimate of drug-likeness (QED) is 0.569. The molecular weight excluding hydrogens is 202 g/mol. The van der Waals surface area contributed by atoms with Crippen molar-refractivity contribution in [3.05, 3.63) is 18.2 Å². The maximum Gasteiger partial charge on any atom is 0.144 e.